The zero-order valence-electron chi connectivity index (χ0n) is 16.7. The Kier molecular flexibility index (Phi) is 7.50. The van der Waals surface area contributed by atoms with Crippen LogP contribution in [-0.2, 0) is 16.1 Å². The Morgan fingerprint density at radius 3 is 2.52 bits per heavy atom. The molecule has 154 valence electrons. The van der Waals surface area contributed by atoms with Crippen LogP contribution in [0.5, 0.6) is 5.75 Å². The van der Waals surface area contributed by atoms with Crippen molar-refractivity contribution >= 4 is 12.1 Å². The number of esters is 1. The number of carbonyl (C=O) groups is 2. The molecular weight excluding hydrogens is 370 g/mol. The highest BCUT2D eigenvalue weighted by Crippen LogP contribution is 2.20. The van der Waals surface area contributed by atoms with Crippen molar-refractivity contribution in [2.45, 2.75) is 38.9 Å². The van der Waals surface area contributed by atoms with Crippen molar-refractivity contribution in [3.8, 4) is 5.75 Å². The number of carbonyl (C=O) groups excluding carboxylic acids is 2. The molecule has 1 atom stereocenters. The average molecular weight is 397 g/mol. The SMILES string of the molecule is CCCCOC(=O)N1CCC(Oc2ccc(C(=O)OCc3ccccc3)cc2)C1. The zero-order chi connectivity index (χ0) is 20.5. The molecule has 2 aromatic carbocycles. The van der Waals surface area contributed by atoms with Gasteiger partial charge < -0.3 is 19.1 Å². The van der Waals surface area contributed by atoms with Crippen LogP contribution in [0.4, 0.5) is 4.79 Å². The first-order valence-corrected chi connectivity index (χ1v) is 10.0. The van der Waals surface area contributed by atoms with Crippen LogP contribution in [0.25, 0.3) is 0 Å². The molecule has 1 amide bonds. The minimum Gasteiger partial charge on any atom is -0.489 e. The van der Waals surface area contributed by atoms with Gasteiger partial charge in [-0.25, -0.2) is 9.59 Å². The highest BCUT2D eigenvalue weighted by Gasteiger charge is 2.28. The summed E-state index contributed by atoms with van der Waals surface area (Å²) in [6.45, 7) is 3.89. The summed E-state index contributed by atoms with van der Waals surface area (Å²) in [7, 11) is 0. The topological polar surface area (TPSA) is 65.1 Å². The molecule has 0 spiro atoms. The Hall–Kier alpha value is -3.02. The maximum atomic E-state index is 12.2. The standard InChI is InChI=1S/C23H27NO5/c1-2-3-15-27-23(26)24-14-13-21(16-24)29-20-11-9-19(10-12-20)22(25)28-17-18-7-5-4-6-8-18/h4-12,21H,2-3,13-17H2,1H3. The van der Waals surface area contributed by atoms with Gasteiger partial charge in [-0.15, -0.1) is 0 Å². The lowest BCUT2D eigenvalue weighted by Gasteiger charge is -2.17. The van der Waals surface area contributed by atoms with E-state index >= 15 is 0 Å². The molecular formula is C23H27NO5. The van der Waals surface area contributed by atoms with Crippen molar-refractivity contribution in [1.82, 2.24) is 4.90 Å². The third-order valence-corrected chi connectivity index (χ3v) is 4.73. The van der Waals surface area contributed by atoms with Crippen molar-refractivity contribution in [1.29, 1.82) is 0 Å². The lowest BCUT2D eigenvalue weighted by molar-refractivity contribution is 0.0472. The second-order valence-electron chi connectivity index (χ2n) is 7.03. The molecule has 3 rings (SSSR count). The molecule has 1 heterocycles. The van der Waals surface area contributed by atoms with Crippen molar-refractivity contribution in [2.24, 2.45) is 0 Å². The fourth-order valence-electron chi connectivity index (χ4n) is 3.05. The fourth-order valence-corrected chi connectivity index (χ4v) is 3.05. The van der Waals surface area contributed by atoms with E-state index in [0.717, 1.165) is 24.8 Å². The second kappa shape index (κ2) is 10.5. The van der Waals surface area contributed by atoms with Gasteiger partial charge in [-0.05, 0) is 36.2 Å². The molecule has 6 nitrogen and oxygen atoms in total. The van der Waals surface area contributed by atoms with Gasteiger partial charge in [0, 0.05) is 13.0 Å². The largest absolute Gasteiger partial charge is 0.489 e. The van der Waals surface area contributed by atoms with Crippen molar-refractivity contribution in [3.63, 3.8) is 0 Å². The Labute approximate surface area is 171 Å². The molecule has 0 aromatic heterocycles. The van der Waals surface area contributed by atoms with E-state index in [0.29, 0.717) is 31.0 Å². The van der Waals surface area contributed by atoms with E-state index in [9.17, 15) is 9.59 Å². The van der Waals surface area contributed by atoms with Gasteiger partial charge in [-0.2, -0.15) is 0 Å². The number of ether oxygens (including phenoxy) is 3. The van der Waals surface area contributed by atoms with Crippen LogP contribution in [0.3, 0.4) is 0 Å². The highest BCUT2D eigenvalue weighted by molar-refractivity contribution is 5.89. The van der Waals surface area contributed by atoms with Crippen LogP contribution in [0.15, 0.2) is 54.6 Å². The Morgan fingerprint density at radius 2 is 1.79 bits per heavy atom. The van der Waals surface area contributed by atoms with Gasteiger partial charge in [-0.1, -0.05) is 43.7 Å². The van der Waals surface area contributed by atoms with Crippen molar-refractivity contribution < 1.29 is 23.8 Å². The lowest BCUT2D eigenvalue weighted by Crippen LogP contribution is -2.31. The molecule has 1 unspecified atom stereocenters. The monoisotopic (exact) mass is 397 g/mol. The van der Waals surface area contributed by atoms with Gasteiger partial charge in [0.2, 0.25) is 0 Å². The number of hydrogen-bond donors (Lipinski definition) is 0. The molecule has 1 fully saturated rings. The maximum Gasteiger partial charge on any atom is 0.409 e. The number of rotatable bonds is 8. The molecule has 2 aromatic rings. The molecule has 1 aliphatic heterocycles. The van der Waals surface area contributed by atoms with E-state index in [2.05, 4.69) is 6.92 Å². The Morgan fingerprint density at radius 1 is 1.03 bits per heavy atom. The summed E-state index contributed by atoms with van der Waals surface area (Å²) in [4.78, 5) is 25.9. The third-order valence-electron chi connectivity index (χ3n) is 4.73. The highest BCUT2D eigenvalue weighted by atomic mass is 16.6. The Bertz CT molecular complexity index is 791. The summed E-state index contributed by atoms with van der Waals surface area (Å²) in [5, 5.41) is 0. The van der Waals surface area contributed by atoms with E-state index in [1.807, 2.05) is 30.3 Å². The second-order valence-corrected chi connectivity index (χ2v) is 7.03. The van der Waals surface area contributed by atoms with E-state index in [1.54, 1.807) is 29.2 Å². The Balaban J connectivity index is 1.44. The van der Waals surface area contributed by atoms with E-state index in [1.165, 1.54) is 0 Å². The van der Waals surface area contributed by atoms with Crippen LogP contribution in [0.2, 0.25) is 0 Å². The summed E-state index contributed by atoms with van der Waals surface area (Å²) < 4.78 is 16.5. The fraction of sp³-hybridized carbons (Fsp3) is 0.391. The quantitative estimate of drug-likeness (QED) is 0.487. The van der Waals surface area contributed by atoms with Crippen molar-refractivity contribution in [3.05, 3.63) is 65.7 Å². The van der Waals surface area contributed by atoms with Crippen LogP contribution in [-0.4, -0.2) is 42.8 Å². The first kappa shape index (κ1) is 20.7. The number of benzene rings is 2. The predicted octanol–water partition coefficient (Wildman–Crippen LogP) is 4.43. The summed E-state index contributed by atoms with van der Waals surface area (Å²) >= 11 is 0. The van der Waals surface area contributed by atoms with Crippen LogP contribution >= 0.6 is 0 Å². The van der Waals surface area contributed by atoms with Crippen LogP contribution < -0.4 is 4.74 Å². The van der Waals surface area contributed by atoms with Crippen LogP contribution in [0.1, 0.15) is 42.1 Å². The summed E-state index contributed by atoms with van der Waals surface area (Å²) in [5.41, 5.74) is 1.42. The predicted molar refractivity (Wildman–Crippen MR) is 109 cm³/mol. The number of likely N-dealkylation sites (tertiary alicyclic amines) is 1. The molecule has 1 saturated heterocycles. The first-order valence-electron chi connectivity index (χ1n) is 10.0. The first-order chi connectivity index (χ1) is 14.2. The van der Waals surface area contributed by atoms with E-state index in [4.69, 9.17) is 14.2 Å². The van der Waals surface area contributed by atoms with Gasteiger partial charge in [0.1, 0.15) is 18.5 Å². The molecule has 0 N–H and O–H groups in total. The number of amides is 1. The minimum absolute atomic E-state index is 0.0791. The van der Waals surface area contributed by atoms with E-state index < -0.39 is 0 Å². The molecule has 1 aliphatic rings. The summed E-state index contributed by atoms with van der Waals surface area (Å²) in [5.74, 6) is 0.290. The molecule has 29 heavy (non-hydrogen) atoms. The summed E-state index contributed by atoms with van der Waals surface area (Å²) in [6, 6.07) is 16.4. The normalized spacial score (nSPS) is 15.8. The summed E-state index contributed by atoms with van der Waals surface area (Å²) in [6.07, 6.45) is 2.27. The van der Waals surface area contributed by atoms with Gasteiger partial charge in [-0.3, -0.25) is 0 Å². The molecule has 0 saturated carbocycles. The number of nitrogens with zero attached hydrogens (tertiary/aromatic N) is 1. The molecule has 0 aliphatic carbocycles. The van der Waals surface area contributed by atoms with Gasteiger partial charge in [0.15, 0.2) is 0 Å². The third kappa shape index (κ3) is 6.24. The zero-order valence-corrected chi connectivity index (χ0v) is 16.7. The molecule has 0 bridgehead atoms. The molecule has 6 heteroatoms. The smallest absolute Gasteiger partial charge is 0.409 e. The van der Waals surface area contributed by atoms with Gasteiger partial charge in [0.25, 0.3) is 0 Å². The van der Waals surface area contributed by atoms with Gasteiger partial charge in [0.05, 0.1) is 18.7 Å². The lowest BCUT2D eigenvalue weighted by atomic mass is 10.2. The van der Waals surface area contributed by atoms with E-state index in [-0.39, 0.29) is 24.8 Å². The average Bonchev–Trinajstić information content (AvgIpc) is 3.22. The molecule has 0 radical (unpaired) electrons. The van der Waals surface area contributed by atoms with Crippen molar-refractivity contribution in [2.75, 3.05) is 19.7 Å². The van der Waals surface area contributed by atoms with Gasteiger partial charge >= 0.3 is 12.1 Å². The minimum atomic E-state index is -0.373. The number of hydrogen-bond acceptors (Lipinski definition) is 5. The maximum absolute atomic E-state index is 12.2. The number of unbranched alkanes of at least 4 members (excludes halogenated alkanes) is 1. The van der Waals surface area contributed by atoms with Crippen LogP contribution in [0, 0.1) is 0 Å².